The number of hydrogen-bond donors (Lipinski definition) is 1. The Labute approximate surface area is 183 Å². The highest BCUT2D eigenvalue weighted by Crippen LogP contribution is 2.28. The molecular formula is C20H20ClN3O4S2. The third-order valence-electron chi connectivity index (χ3n) is 4.83. The molecular weight excluding hydrogens is 446 g/mol. The van der Waals surface area contributed by atoms with Gasteiger partial charge in [0.15, 0.2) is 5.76 Å². The number of nitrogens with one attached hydrogen (secondary N) is 1. The van der Waals surface area contributed by atoms with Crippen molar-refractivity contribution >= 4 is 38.9 Å². The summed E-state index contributed by atoms with van der Waals surface area (Å²) < 4.78 is 32.8. The minimum absolute atomic E-state index is 0.0436. The van der Waals surface area contributed by atoms with Crippen molar-refractivity contribution in [1.29, 1.82) is 0 Å². The van der Waals surface area contributed by atoms with Crippen LogP contribution in [-0.2, 0) is 16.6 Å². The number of carbonyl (C=O) groups is 1. The van der Waals surface area contributed by atoms with Gasteiger partial charge in [0, 0.05) is 24.0 Å². The van der Waals surface area contributed by atoms with Crippen LogP contribution in [0.2, 0.25) is 5.02 Å². The van der Waals surface area contributed by atoms with Gasteiger partial charge in [-0.05, 0) is 50.1 Å². The fraction of sp³-hybridized carbons (Fsp3) is 0.300. The zero-order valence-corrected chi connectivity index (χ0v) is 18.6. The first-order chi connectivity index (χ1) is 14.3. The Bertz CT molecular complexity index is 1180. The number of benzene rings is 1. The number of amides is 1. The lowest BCUT2D eigenvalue weighted by Gasteiger charge is -2.17. The van der Waals surface area contributed by atoms with Gasteiger partial charge in [-0.25, -0.2) is 13.4 Å². The number of carbonyl (C=O) groups excluding carboxylic acids is 1. The van der Waals surface area contributed by atoms with Gasteiger partial charge < -0.3 is 9.73 Å². The van der Waals surface area contributed by atoms with Gasteiger partial charge in [-0.3, -0.25) is 4.79 Å². The van der Waals surface area contributed by atoms with Gasteiger partial charge in [0.2, 0.25) is 10.0 Å². The highest BCUT2D eigenvalue weighted by atomic mass is 35.5. The van der Waals surface area contributed by atoms with Crippen LogP contribution in [0.3, 0.4) is 0 Å². The number of hydrogen-bond acceptors (Lipinski definition) is 6. The monoisotopic (exact) mass is 465 g/mol. The topological polar surface area (TPSA) is 92.5 Å². The molecule has 1 aliphatic heterocycles. The van der Waals surface area contributed by atoms with Gasteiger partial charge in [0.1, 0.15) is 16.3 Å². The summed E-state index contributed by atoms with van der Waals surface area (Å²) in [5, 5.41) is 5.71. The molecule has 10 heteroatoms. The molecule has 0 spiro atoms. The number of furan rings is 1. The first-order valence-electron chi connectivity index (χ1n) is 9.44. The molecule has 1 fully saturated rings. The maximum absolute atomic E-state index is 12.8. The number of sulfonamides is 1. The van der Waals surface area contributed by atoms with Gasteiger partial charge in [0.25, 0.3) is 5.91 Å². The zero-order chi connectivity index (χ0) is 21.3. The second kappa shape index (κ2) is 8.50. The third kappa shape index (κ3) is 4.29. The summed E-state index contributed by atoms with van der Waals surface area (Å²) in [4.78, 5) is 16.9. The van der Waals surface area contributed by atoms with Crippen LogP contribution < -0.4 is 5.32 Å². The van der Waals surface area contributed by atoms with E-state index in [4.69, 9.17) is 16.0 Å². The number of nitrogens with zero attached hydrogens (tertiary/aromatic N) is 2. The Morgan fingerprint density at radius 3 is 2.73 bits per heavy atom. The van der Waals surface area contributed by atoms with Crippen molar-refractivity contribution in [3.63, 3.8) is 0 Å². The van der Waals surface area contributed by atoms with E-state index in [1.54, 1.807) is 12.1 Å². The van der Waals surface area contributed by atoms with E-state index in [2.05, 4.69) is 10.3 Å². The van der Waals surface area contributed by atoms with Gasteiger partial charge in [-0.2, -0.15) is 4.31 Å². The van der Waals surface area contributed by atoms with E-state index >= 15 is 0 Å². The molecule has 0 unspecified atom stereocenters. The Kier molecular flexibility index (Phi) is 5.97. The minimum Gasteiger partial charge on any atom is -0.458 e. The van der Waals surface area contributed by atoms with Crippen LogP contribution in [0.5, 0.6) is 0 Å². The van der Waals surface area contributed by atoms with Crippen LogP contribution in [0.1, 0.15) is 34.0 Å². The third-order valence-corrected chi connectivity index (χ3v) is 7.99. The molecule has 7 nitrogen and oxygen atoms in total. The van der Waals surface area contributed by atoms with Crippen molar-refractivity contribution in [2.75, 3.05) is 13.1 Å². The summed E-state index contributed by atoms with van der Waals surface area (Å²) in [6.07, 6.45) is 1.64. The van der Waals surface area contributed by atoms with E-state index in [1.165, 1.54) is 33.8 Å². The quantitative estimate of drug-likeness (QED) is 0.592. The molecule has 158 valence electrons. The first kappa shape index (κ1) is 21.0. The maximum atomic E-state index is 12.8. The number of thiazole rings is 1. The van der Waals surface area contributed by atoms with Crippen LogP contribution >= 0.6 is 22.9 Å². The van der Waals surface area contributed by atoms with Crippen molar-refractivity contribution in [3.05, 3.63) is 57.1 Å². The Balaban J connectivity index is 1.47. The predicted molar refractivity (Wildman–Crippen MR) is 115 cm³/mol. The molecule has 0 bridgehead atoms. The molecule has 1 saturated heterocycles. The van der Waals surface area contributed by atoms with Gasteiger partial charge in [0.05, 0.1) is 16.6 Å². The molecule has 3 heterocycles. The standard InChI is InChI=1S/C20H20ClN3O4S2/c1-13-23-17(12-29-13)18-7-5-15(28-18)11-22-20(25)14-4-6-16(21)19(10-14)30(26,27)24-8-2-3-9-24/h4-7,10,12H,2-3,8-9,11H2,1H3,(H,22,25). The molecule has 1 aliphatic rings. The van der Waals surface area contributed by atoms with Gasteiger partial charge in [-0.15, -0.1) is 11.3 Å². The van der Waals surface area contributed by atoms with E-state index < -0.39 is 15.9 Å². The highest BCUT2D eigenvalue weighted by molar-refractivity contribution is 7.89. The number of aryl methyl sites for hydroxylation is 1. The fourth-order valence-electron chi connectivity index (χ4n) is 3.27. The van der Waals surface area contributed by atoms with Crippen molar-refractivity contribution in [2.45, 2.75) is 31.2 Å². The van der Waals surface area contributed by atoms with Crippen LogP contribution in [0.15, 0.2) is 45.0 Å². The summed E-state index contributed by atoms with van der Waals surface area (Å²) in [7, 11) is -3.72. The number of rotatable bonds is 6. The summed E-state index contributed by atoms with van der Waals surface area (Å²) in [5.74, 6) is 0.795. The fourth-order valence-corrected chi connectivity index (χ4v) is 5.89. The average Bonchev–Trinajstić information content (AvgIpc) is 3.47. The van der Waals surface area contributed by atoms with E-state index in [0.717, 1.165) is 23.5 Å². The van der Waals surface area contributed by atoms with Crippen LogP contribution in [-0.4, -0.2) is 36.7 Å². The van der Waals surface area contributed by atoms with Crippen molar-refractivity contribution in [3.8, 4) is 11.5 Å². The summed E-state index contributed by atoms with van der Waals surface area (Å²) in [6, 6.07) is 7.85. The van der Waals surface area contributed by atoms with Crippen LogP contribution in [0.4, 0.5) is 0 Å². The summed E-state index contributed by atoms with van der Waals surface area (Å²) in [5.41, 5.74) is 0.976. The Morgan fingerprint density at radius 1 is 1.27 bits per heavy atom. The molecule has 1 N–H and O–H groups in total. The smallest absolute Gasteiger partial charge is 0.251 e. The second-order valence-electron chi connectivity index (χ2n) is 6.96. The molecule has 3 aromatic rings. The lowest BCUT2D eigenvalue weighted by Crippen LogP contribution is -2.29. The minimum atomic E-state index is -3.72. The molecule has 0 radical (unpaired) electrons. The molecule has 30 heavy (non-hydrogen) atoms. The lowest BCUT2D eigenvalue weighted by atomic mass is 10.2. The number of halogens is 1. The largest absolute Gasteiger partial charge is 0.458 e. The summed E-state index contributed by atoms with van der Waals surface area (Å²) >= 11 is 7.68. The van der Waals surface area contributed by atoms with E-state index in [9.17, 15) is 13.2 Å². The Morgan fingerprint density at radius 2 is 2.03 bits per heavy atom. The van der Waals surface area contributed by atoms with Gasteiger partial charge >= 0.3 is 0 Å². The van der Waals surface area contributed by atoms with Gasteiger partial charge in [-0.1, -0.05) is 11.6 Å². The molecule has 4 rings (SSSR count). The first-order valence-corrected chi connectivity index (χ1v) is 12.1. The molecule has 0 saturated carbocycles. The predicted octanol–water partition coefficient (Wildman–Crippen LogP) is 4.08. The molecule has 0 aliphatic carbocycles. The summed E-state index contributed by atoms with van der Waals surface area (Å²) in [6.45, 7) is 3.02. The van der Waals surface area contributed by atoms with E-state index in [0.29, 0.717) is 24.6 Å². The highest BCUT2D eigenvalue weighted by Gasteiger charge is 2.29. The van der Waals surface area contributed by atoms with Crippen molar-refractivity contribution in [1.82, 2.24) is 14.6 Å². The average molecular weight is 466 g/mol. The molecule has 1 aromatic carbocycles. The van der Waals surface area contributed by atoms with Crippen molar-refractivity contribution < 1.29 is 17.6 Å². The van der Waals surface area contributed by atoms with E-state index in [1.807, 2.05) is 12.3 Å². The SMILES string of the molecule is Cc1nc(-c2ccc(CNC(=O)c3ccc(Cl)c(S(=O)(=O)N4CCCC4)c3)o2)cs1. The zero-order valence-electron chi connectivity index (χ0n) is 16.2. The van der Waals surface area contributed by atoms with Crippen LogP contribution in [0.25, 0.3) is 11.5 Å². The molecule has 1 amide bonds. The second-order valence-corrected chi connectivity index (χ2v) is 10.3. The van der Waals surface area contributed by atoms with E-state index in [-0.39, 0.29) is 22.0 Å². The Hall–Kier alpha value is -2.20. The van der Waals surface area contributed by atoms with Crippen LogP contribution in [0, 0.1) is 6.92 Å². The number of aromatic nitrogens is 1. The molecule has 2 aromatic heterocycles. The lowest BCUT2D eigenvalue weighted by molar-refractivity contribution is 0.0948. The molecule has 0 atom stereocenters. The normalized spacial score (nSPS) is 14.9. The maximum Gasteiger partial charge on any atom is 0.251 e. The van der Waals surface area contributed by atoms with Crippen molar-refractivity contribution in [2.24, 2.45) is 0 Å².